The Balaban J connectivity index is 0.00000363. The number of morpholine rings is 1. The van der Waals surface area contributed by atoms with Gasteiger partial charge in [-0.2, -0.15) is 0 Å². The predicted octanol–water partition coefficient (Wildman–Crippen LogP) is 2.69. The zero-order valence-corrected chi connectivity index (χ0v) is 22.1. The monoisotopic (exact) mass is 563 g/mol. The van der Waals surface area contributed by atoms with Gasteiger partial charge in [0.2, 0.25) is 0 Å². The second kappa shape index (κ2) is 13.5. The van der Waals surface area contributed by atoms with Crippen LogP contribution in [-0.4, -0.2) is 87.4 Å². The zero-order chi connectivity index (χ0) is 22.2. The summed E-state index contributed by atoms with van der Waals surface area (Å²) in [6.07, 6.45) is 2.07. The van der Waals surface area contributed by atoms with E-state index in [2.05, 4.69) is 39.3 Å². The Hall–Kier alpha value is -1.17. The number of rotatable bonds is 7. The molecule has 9 heteroatoms. The molecule has 7 nitrogen and oxygen atoms in total. The standard InChI is InChI=1S/C23H38FN5O2.HI/c1-17(29-11-12-31-16-18(29)2)14-26-23(25-3)27-20-7-9-28(10-8-20)15-19-5-6-22(30-4)21(24)13-19;/h5-6,13,17-18,20H,7-12,14-16H2,1-4H3,(H2,25,26,27);1H. The molecule has 2 heterocycles. The topological polar surface area (TPSA) is 61.4 Å². The molecule has 1 aromatic rings. The summed E-state index contributed by atoms with van der Waals surface area (Å²) in [5.41, 5.74) is 0.980. The SMILES string of the molecule is CN=C(NCC(C)N1CCOCC1C)NC1CCN(Cc2ccc(OC)c(F)c2)CC1.I. The number of ether oxygens (including phenoxy) is 2. The molecule has 2 saturated heterocycles. The van der Waals surface area contributed by atoms with E-state index >= 15 is 0 Å². The van der Waals surface area contributed by atoms with E-state index in [1.54, 1.807) is 12.1 Å². The van der Waals surface area contributed by atoms with Gasteiger partial charge >= 0.3 is 0 Å². The van der Waals surface area contributed by atoms with Crippen LogP contribution in [0.25, 0.3) is 0 Å². The van der Waals surface area contributed by atoms with Crippen molar-refractivity contribution in [1.29, 1.82) is 0 Å². The summed E-state index contributed by atoms with van der Waals surface area (Å²) in [6.45, 7) is 10.6. The molecule has 2 aliphatic rings. The molecule has 2 N–H and O–H groups in total. The fourth-order valence-electron chi connectivity index (χ4n) is 4.45. The highest BCUT2D eigenvalue weighted by molar-refractivity contribution is 14.0. The first-order valence-electron chi connectivity index (χ1n) is 11.4. The van der Waals surface area contributed by atoms with Crippen LogP contribution in [0, 0.1) is 5.82 Å². The molecule has 0 bridgehead atoms. The molecular formula is C23H39FIN5O2. The van der Waals surface area contributed by atoms with Crippen molar-refractivity contribution in [1.82, 2.24) is 20.4 Å². The zero-order valence-electron chi connectivity index (χ0n) is 19.8. The molecule has 0 aliphatic carbocycles. The van der Waals surface area contributed by atoms with Gasteiger partial charge in [0.1, 0.15) is 0 Å². The maximum absolute atomic E-state index is 13.9. The molecule has 2 aliphatic heterocycles. The van der Waals surface area contributed by atoms with Crippen molar-refractivity contribution in [3.63, 3.8) is 0 Å². The van der Waals surface area contributed by atoms with E-state index in [0.29, 0.717) is 23.9 Å². The quantitative estimate of drug-likeness (QED) is 0.303. The first kappa shape index (κ1) is 27.1. The van der Waals surface area contributed by atoms with Gasteiger partial charge < -0.3 is 20.1 Å². The molecule has 182 valence electrons. The maximum Gasteiger partial charge on any atom is 0.191 e. The number of nitrogens with one attached hydrogen (secondary N) is 2. The number of methoxy groups -OCH3 is 1. The highest BCUT2D eigenvalue weighted by atomic mass is 127. The fraction of sp³-hybridized carbons (Fsp3) is 0.696. The largest absolute Gasteiger partial charge is 0.494 e. The third kappa shape index (κ3) is 7.71. The molecule has 2 unspecified atom stereocenters. The first-order valence-corrected chi connectivity index (χ1v) is 11.4. The van der Waals surface area contributed by atoms with Crippen molar-refractivity contribution >= 4 is 29.9 Å². The molecule has 2 atom stereocenters. The third-order valence-corrected chi connectivity index (χ3v) is 6.32. The second-order valence-corrected chi connectivity index (χ2v) is 8.63. The lowest BCUT2D eigenvalue weighted by Gasteiger charge is -2.38. The molecular weight excluding hydrogens is 524 g/mol. The molecule has 1 aromatic carbocycles. The average molecular weight is 564 g/mol. The summed E-state index contributed by atoms with van der Waals surface area (Å²) in [6, 6.07) is 6.48. The van der Waals surface area contributed by atoms with Crippen LogP contribution >= 0.6 is 24.0 Å². The molecule has 0 spiro atoms. The number of guanidine groups is 1. The number of benzene rings is 1. The molecule has 0 amide bonds. The number of hydrogen-bond donors (Lipinski definition) is 2. The van der Waals surface area contributed by atoms with E-state index in [1.165, 1.54) is 7.11 Å². The van der Waals surface area contributed by atoms with Crippen LogP contribution < -0.4 is 15.4 Å². The smallest absolute Gasteiger partial charge is 0.191 e. The first-order chi connectivity index (χ1) is 15.0. The van der Waals surface area contributed by atoms with Crippen LogP contribution in [-0.2, 0) is 11.3 Å². The van der Waals surface area contributed by atoms with E-state index in [1.807, 2.05) is 13.1 Å². The van der Waals surface area contributed by atoms with E-state index in [9.17, 15) is 4.39 Å². The number of aliphatic imine (C=N–C) groups is 1. The van der Waals surface area contributed by atoms with Crippen LogP contribution in [0.4, 0.5) is 4.39 Å². The molecule has 0 aromatic heterocycles. The van der Waals surface area contributed by atoms with Gasteiger partial charge in [-0.05, 0) is 44.4 Å². The van der Waals surface area contributed by atoms with E-state index in [-0.39, 0.29) is 29.8 Å². The number of likely N-dealkylation sites (tertiary alicyclic amines) is 1. The van der Waals surface area contributed by atoms with Crippen molar-refractivity contribution in [3.05, 3.63) is 29.6 Å². The normalized spacial score (nSPS) is 22.2. The Morgan fingerprint density at radius 3 is 2.69 bits per heavy atom. The third-order valence-electron chi connectivity index (χ3n) is 6.32. The summed E-state index contributed by atoms with van der Waals surface area (Å²) in [5, 5.41) is 7.07. The van der Waals surface area contributed by atoms with Gasteiger partial charge in [0.15, 0.2) is 17.5 Å². The van der Waals surface area contributed by atoms with Crippen LogP contribution in [0.2, 0.25) is 0 Å². The number of piperidine rings is 1. The highest BCUT2D eigenvalue weighted by Crippen LogP contribution is 2.20. The lowest BCUT2D eigenvalue weighted by molar-refractivity contribution is -0.0174. The highest BCUT2D eigenvalue weighted by Gasteiger charge is 2.24. The van der Waals surface area contributed by atoms with Gasteiger partial charge in [-0.25, -0.2) is 4.39 Å². The summed E-state index contributed by atoms with van der Waals surface area (Å²) >= 11 is 0. The molecule has 2 fully saturated rings. The van der Waals surface area contributed by atoms with Crippen LogP contribution in [0.15, 0.2) is 23.2 Å². The molecule has 32 heavy (non-hydrogen) atoms. The Bertz CT molecular complexity index is 730. The predicted molar refractivity (Wildman–Crippen MR) is 138 cm³/mol. The lowest BCUT2D eigenvalue weighted by Crippen LogP contribution is -2.54. The Morgan fingerprint density at radius 1 is 1.31 bits per heavy atom. The minimum absolute atomic E-state index is 0. The van der Waals surface area contributed by atoms with Crippen molar-refractivity contribution in [2.24, 2.45) is 4.99 Å². The Kier molecular flexibility index (Phi) is 11.4. The average Bonchev–Trinajstić information content (AvgIpc) is 2.78. The molecule has 0 saturated carbocycles. The minimum Gasteiger partial charge on any atom is -0.494 e. The summed E-state index contributed by atoms with van der Waals surface area (Å²) in [7, 11) is 3.31. The fourth-order valence-corrected chi connectivity index (χ4v) is 4.45. The second-order valence-electron chi connectivity index (χ2n) is 8.63. The van der Waals surface area contributed by atoms with Gasteiger partial charge in [0.05, 0.1) is 20.3 Å². The number of halogens is 2. The van der Waals surface area contributed by atoms with Crippen molar-refractivity contribution in [2.75, 3.05) is 53.6 Å². The molecule has 0 radical (unpaired) electrons. The van der Waals surface area contributed by atoms with E-state index in [0.717, 1.165) is 70.3 Å². The van der Waals surface area contributed by atoms with Gasteiger partial charge in [0.25, 0.3) is 0 Å². The van der Waals surface area contributed by atoms with Crippen molar-refractivity contribution in [2.45, 2.75) is 51.4 Å². The maximum atomic E-state index is 13.9. The van der Waals surface area contributed by atoms with Gasteiger partial charge in [0, 0.05) is 57.9 Å². The van der Waals surface area contributed by atoms with Crippen LogP contribution in [0.1, 0.15) is 32.3 Å². The number of nitrogens with zero attached hydrogens (tertiary/aromatic N) is 3. The summed E-state index contributed by atoms with van der Waals surface area (Å²) < 4.78 is 24.5. The molecule has 3 rings (SSSR count). The Labute approximate surface area is 209 Å². The lowest BCUT2D eigenvalue weighted by atomic mass is 10.0. The van der Waals surface area contributed by atoms with E-state index < -0.39 is 0 Å². The van der Waals surface area contributed by atoms with Gasteiger partial charge in [-0.15, -0.1) is 24.0 Å². The van der Waals surface area contributed by atoms with Gasteiger partial charge in [-0.3, -0.25) is 14.8 Å². The summed E-state index contributed by atoms with van der Waals surface area (Å²) in [4.78, 5) is 9.28. The van der Waals surface area contributed by atoms with Crippen molar-refractivity contribution < 1.29 is 13.9 Å². The van der Waals surface area contributed by atoms with Gasteiger partial charge in [-0.1, -0.05) is 6.07 Å². The minimum atomic E-state index is -0.299. The summed E-state index contributed by atoms with van der Waals surface area (Å²) in [5.74, 6) is 0.860. The van der Waals surface area contributed by atoms with Crippen LogP contribution in [0.5, 0.6) is 5.75 Å². The number of hydrogen-bond acceptors (Lipinski definition) is 5. The Morgan fingerprint density at radius 2 is 2.06 bits per heavy atom. The van der Waals surface area contributed by atoms with E-state index in [4.69, 9.17) is 9.47 Å². The van der Waals surface area contributed by atoms with Crippen LogP contribution in [0.3, 0.4) is 0 Å². The van der Waals surface area contributed by atoms with Crippen molar-refractivity contribution in [3.8, 4) is 5.75 Å².